The van der Waals surface area contributed by atoms with E-state index in [2.05, 4.69) is 147 Å². The van der Waals surface area contributed by atoms with Crippen molar-refractivity contribution in [3.05, 3.63) is 198 Å². The number of pyridine rings is 1. The minimum atomic E-state index is -2.09. The van der Waals surface area contributed by atoms with Gasteiger partial charge < -0.3 is 18.4 Å². The van der Waals surface area contributed by atoms with Gasteiger partial charge in [0.2, 0.25) is 0 Å². The third-order valence-electron chi connectivity index (χ3n) is 11.8. The normalized spacial score (nSPS) is 12.3. The van der Waals surface area contributed by atoms with Gasteiger partial charge in [-0.3, -0.25) is 4.98 Å². The molecule has 317 valence electrons. The summed E-state index contributed by atoms with van der Waals surface area (Å²) in [6.07, 6.45) is 1.39. The molecule has 0 spiro atoms. The average molecular weight is 1010 g/mol. The number of imidazole rings is 1. The Morgan fingerprint density at radius 3 is 2.02 bits per heavy atom. The number of para-hydroxylation sites is 3. The monoisotopic (exact) mass is 1010 g/mol. The van der Waals surface area contributed by atoms with Crippen LogP contribution in [-0.4, -0.2) is 14.5 Å². The van der Waals surface area contributed by atoms with E-state index in [1.54, 1.807) is 18.2 Å². The third kappa shape index (κ3) is 7.68. The molecule has 0 aliphatic heterocycles. The first-order chi connectivity index (χ1) is 32.0. The number of hydrogen-bond acceptors (Lipinski definition) is 4. The Hall–Kier alpha value is -6.85. The molecule has 0 atom stereocenters. The van der Waals surface area contributed by atoms with Gasteiger partial charge in [-0.05, 0) is 88.1 Å². The van der Waals surface area contributed by atoms with Crippen LogP contribution in [0.4, 0.5) is 0 Å². The van der Waals surface area contributed by atoms with Crippen LogP contribution in [0.3, 0.4) is 0 Å². The molecule has 64 heavy (non-hydrogen) atoms. The molecule has 5 nitrogen and oxygen atoms in total. The van der Waals surface area contributed by atoms with E-state index in [0.717, 1.165) is 83.5 Å². The minimum absolute atomic E-state index is 0. The molecule has 0 fully saturated rings. The van der Waals surface area contributed by atoms with Crippen LogP contribution >= 0.6 is 0 Å². The zero-order valence-electron chi connectivity index (χ0n) is 39.2. The first-order valence-electron chi connectivity index (χ1n) is 23.0. The minimum Gasteiger partial charge on any atom is -0.499 e. The van der Waals surface area contributed by atoms with E-state index in [9.17, 15) is 0 Å². The predicted octanol–water partition coefficient (Wildman–Crippen LogP) is 15.9. The second-order valence-electron chi connectivity index (χ2n) is 16.6. The van der Waals surface area contributed by atoms with Gasteiger partial charge in [-0.25, -0.2) is 0 Å². The maximum atomic E-state index is 7.23. The van der Waals surface area contributed by atoms with Gasteiger partial charge in [0.25, 0.3) is 0 Å². The molecule has 11 aromatic rings. The number of benzene rings is 7. The van der Waals surface area contributed by atoms with Gasteiger partial charge in [0, 0.05) is 52.4 Å². The van der Waals surface area contributed by atoms with Crippen molar-refractivity contribution in [2.75, 3.05) is 0 Å². The molecule has 4 heterocycles. The van der Waals surface area contributed by atoms with Crippen LogP contribution < -0.4 is 0 Å². The fraction of sp³-hybridized carbons (Fsp3) is 0.138. The molecular formula is C58H47IrN3O2-2. The van der Waals surface area contributed by atoms with Crippen LogP contribution in [0.15, 0.2) is 173 Å². The Labute approximate surface area is 392 Å². The molecule has 0 aliphatic rings. The van der Waals surface area contributed by atoms with Gasteiger partial charge in [-0.2, -0.15) is 0 Å². The Morgan fingerprint density at radius 2 is 1.34 bits per heavy atom. The standard InChI is InChI=1S/C46H37N2O2.C12H10N.Ir/c1-27(2)34-24-32(30-16-8-6-9-17-30)25-35(28(3)4)42(34)48-39-22-14-13-21-38(39)47-46(48)37-26-36-29(5)43(31-18-10-7-11-19-31)50-44(36)41-33-20-12-15-23-40(33)49-45(37)41;1-10-7-8-12(13-9-10)11-5-3-2-4-6-11;/h6-25,27-28H,1-5H3;2-5,7-9H,1H3;/q2*-1;/i;1D3;. The summed E-state index contributed by atoms with van der Waals surface area (Å²) in [4.78, 5) is 9.53. The molecule has 7 aromatic carbocycles. The number of aryl methyl sites for hydroxylation is 2. The Balaban J connectivity index is 0.000000281. The second kappa shape index (κ2) is 17.7. The van der Waals surface area contributed by atoms with Crippen molar-refractivity contribution in [3.8, 4) is 50.8 Å². The molecule has 0 bridgehead atoms. The summed E-state index contributed by atoms with van der Waals surface area (Å²) >= 11 is 0. The van der Waals surface area contributed by atoms with Crippen molar-refractivity contribution < 1.29 is 33.1 Å². The molecule has 6 heteroatoms. The fourth-order valence-corrected chi connectivity index (χ4v) is 8.63. The number of hydrogen-bond donors (Lipinski definition) is 0. The topological polar surface area (TPSA) is 57.0 Å². The number of rotatable bonds is 7. The Bertz CT molecular complexity index is 3490. The van der Waals surface area contributed by atoms with Gasteiger partial charge in [-0.15, -0.1) is 42.0 Å². The van der Waals surface area contributed by atoms with Crippen LogP contribution in [0.1, 0.15) is 65.9 Å². The van der Waals surface area contributed by atoms with E-state index in [1.165, 1.54) is 34.1 Å². The number of furan rings is 2. The van der Waals surface area contributed by atoms with E-state index < -0.39 is 6.85 Å². The summed E-state index contributed by atoms with van der Waals surface area (Å²) in [5.74, 6) is 2.15. The van der Waals surface area contributed by atoms with Gasteiger partial charge in [0.15, 0.2) is 0 Å². The SMILES string of the molecule is Cc1c(-c2ccccc2)oc2c1[c-]c(-c1nc3ccccc3n1-c1c(C(C)C)cc(-c3ccccc3)cc1C(C)C)c1oc3ccccc3c12.[2H]C([2H])([2H])c1ccc(-c2[c-]cccc2)nc1.[Ir]. The van der Waals surface area contributed by atoms with Gasteiger partial charge in [0.05, 0.1) is 33.8 Å². The zero-order valence-corrected chi connectivity index (χ0v) is 38.6. The maximum Gasteiger partial charge on any atom is 0.123 e. The Morgan fingerprint density at radius 1 is 0.672 bits per heavy atom. The molecule has 0 aliphatic carbocycles. The molecule has 0 saturated carbocycles. The van der Waals surface area contributed by atoms with Gasteiger partial charge in [0.1, 0.15) is 5.58 Å². The summed E-state index contributed by atoms with van der Waals surface area (Å²) in [6.45, 7) is 9.17. The molecule has 0 unspecified atom stereocenters. The first kappa shape index (κ1) is 38.8. The molecule has 0 saturated heterocycles. The number of fused-ring (bicyclic) bond motifs is 6. The second-order valence-corrected chi connectivity index (χ2v) is 16.6. The molecule has 0 amide bonds. The van der Waals surface area contributed by atoms with Crippen molar-refractivity contribution >= 4 is 43.9 Å². The quantitative estimate of drug-likeness (QED) is 0.149. The van der Waals surface area contributed by atoms with Crippen LogP contribution in [0.5, 0.6) is 0 Å². The molecule has 0 N–H and O–H groups in total. The van der Waals surface area contributed by atoms with Crippen molar-refractivity contribution in [3.63, 3.8) is 0 Å². The summed E-state index contributed by atoms with van der Waals surface area (Å²) in [7, 11) is 0. The van der Waals surface area contributed by atoms with Crippen LogP contribution in [-0.2, 0) is 20.1 Å². The van der Waals surface area contributed by atoms with Gasteiger partial charge in [-0.1, -0.05) is 149 Å². The van der Waals surface area contributed by atoms with E-state index in [1.807, 2.05) is 48.5 Å². The summed E-state index contributed by atoms with van der Waals surface area (Å²) in [5, 5.41) is 2.89. The average Bonchev–Trinajstić information content (AvgIpc) is 4.03. The first-order valence-corrected chi connectivity index (χ1v) is 21.5. The molecule has 11 rings (SSSR count). The Kier molecular flexibility index (Phi) is 10.7. The van der Waals surface area contributed by atoms with Crippen LogP contribution in [0.2, 0.25) is 0 Å². The van der Waals surface area contributed by atoms with Crippen molar-refractivity contribution in [2.45, 2.75) is 53.3 Å². The maximum absolute atomic E-state index is 7.23. The van der Waals surface area contributed by atoms with Crippen molar-refractivity contribution in [1.29, 1.82) is 0 Å². The van der Waals surface area contributed by atoms with E-state index in [-0.39, 0.29) is 37.5 Å². The van der Waals surface area contributed by atoms with Crippen LogP contribution in [0.25, 0.3) is 94.7 Å². The van der Waals surface area contributed by atoms with Crippen molar-refractivity contribution in [2.24, 2.45) is 0 Å². The third-order valence-corrected chi connectivity index (χ3v) is 11.8. The number of aromatic nitrogens is 3. The van der Waals surface area contributed by atoms with Crippen molar-refractivity contribution in [1.82, 2.24) is 14.5 Å². The van der Waals surface area contributed by atoms with Gasteiger partial charge >= 0.3 is 0 Å². The number of nitrogens with zero attached hydrogens (tertiary/aromatic N) is 3. The van der Waals surface area contributed by atoms with E-state index >= 15 is 0 Å². The zero-order chi connectivity index (χ0) is 45.7. The summed E-state index contributed by atoms with van der Waals surface area (Å²) in [5.41, 5.74) is 15.2. The summed E-state index contributed by atoms with van der Waals surface area (Å²) < 4.78 is 37.6. The van der Waals surface area contributed by atoms with E-state index in [4.69, 9.17) is 17.9 Å². The fourth-order valence-electron chi connectivity index (χ4n) is 8.63. The summed E-state index contributed by atoms with van der Waals surface area (Å²) in [6, 6.07) is 60.0. The van der Waals surface area contributed by atoms with E-state index in [0.29, 0.717) is 0 Å². The molecular weight excluding hydrogens is 963 g/mol. The predicted molar refractivity (Wildman–Crippen MR) is 259 cm³/mol. The smallest absolute Gasteiger partial charge is 0.123 e. The molecule has 1 radical (unpaired) electrons. The molecule has 4 aromatic heterocycles. The van der Waals surface area contributed by atoms with Crippen LogP contribution in [0, 0.1) is 25.9 Å². The largest absolute Gasteiger partial charge is 0.499 e.